The molecule has 1 atom stereocenters. The van der Waals surface area contributed by atoms with Crippen LogP contribution in [0.25, 0.3) is 10.9 Å². The van der Waals surface area contributed by atoms with Gasteiger partial charge in [-0.1, -0.05) is 30.3 Å². The number of benzene rings is 2. The molecule has 0 saturated carbocycles. The van der Waals surface area contributed by atoms with Crippen LogP contribution < -0.4 is 0 Å². The van der Waals surface area contributed by atoms with Crippen LogP contribution in [0.5, 0.6) is 0 Å². The van der Waals surface area contributed by atoms with Crippen molar-refractivity contribution < 1.29 is 18.0 Å². The van der Waals surface area contributed by atoms with E-state index in [0.717, 1.165) is 22.7 Å². The number of aryl methyl sites for hydroxylation is 1. The molecule has 0 aliphatic carbocycles. The van der Waals surface area contributed by atoms with Crippen molar-refractivity contribution in [3.05, 3.63) is 65.4 Å². The van der Waals surface area contributed by atoms with Crippen LogP contribution >= 0.6 is 0 Å². The highest BCUT2D eigenvalue weighted by Crippen LogP contribution is 2.25. The van der Waals surface area contributed by atoms with Crippen molar-refractivity contribution in [2.75, 3.05) is 13.3 Å². The summed E-state index contributed by atoms with van der Waals surface area (Å²) in [7, 11) is -1.72. The standard InChI is InChI=1S/C21H22N2O4S/c1-13-19(17-7-5-6-8-18(17)22-13)20(24)21(25)23(3)14(2)15-9-11-16(12-10-15)28(4,26)27/h5-12,14,22H,1-4H3. The van der Waals surface area contributed by atoms with Crippen LogP contribution in [-0.2, 0) is 14.6 Å². The van der Waals surface area contributed by atoms with E-state index in [2.05, 4.69) is 4.98 Å². The number of hydrogen-bond acceptors (Lipinski definition) is 4. The van der Waals surface area contributed by atoms with Gasteiger partial charge in [-0.2, -0.15) is 0 Å². The third-order valence-corrected chi connectivity index (χ3v) is 6.14. The summed E-state index contributed by atoms with van der Waals surface area (Å²) in [5.74, 6) is -1.19. The summed E-state index contributed by atoms with van der Waals surface area (Å²) in [6.45, 7) is 3.57. The van der Waals surface area contributed by atoms with Crippen molar-refractivity contribution in [2.45, 2.75) is 24.8 Å². The Morgan fingerprint density at radius 1 is 1.04 bits per heavy atom. The highest BCUT2D eigenvalue weighted by atomic mass is 32.2. The fourth-order valence-corrected chi connectivity index (χ4v) is 3.86. The van der Waals surface area contributed by atoms with Gasteiger partial charge in [0.05, 0.1) is 16.5 Å². The van der Waals surface area contributed by atoms with Crippen LogP contribution in [0.4, 0.5) is 0 Å². The average molecular weight is 398 g/mol. The Morgan fingerprint density at radius 2 is 1.64 bits per heavy atom. The number of nitrogens with one attached hydrogen (secondary N) is 1. The normalized spacial score (nSPS) is 12.7. The van der Waals surface area contributed by atoms with Crippen LogP contribution in [-0.4, -0.2) is 43.3 Å². The van der Waals surface area contributed by atoms with Crippen molar-refractivity contribution in [1.82, 2.24) is 9.88 Å². The molecule has 0 bridgehead atoms. The lowest BCUT2D eigenvalue weighted by molar-refractivity contribution is -0.127. The monoisotopic (exact) mass is 398 g/mol. The number of carbonyl (C=O) groups excluding carboxylic acids is 2. The summed E-state index contributed by atoms with van der Waals surface area (Å²) in [5, 5.41) is 0.719. The number of aromatic nitrogens is 1. The Labute approximate surface area is 164 Å². The topological polar surface area (TPSA) is 87.3 Å². The summed E-state index contributed by atoms with van der Waals surface area (Å²) >= 11 is 0. The van der Waals surface area contributed by atoms with Crippen LogP contribution in [0.2, 0.25) is 0 Å². The van der Waals surface area contributed by atoms with Gasteiger partial charge in [-0.05, 0) is 37.6 Å². The Kier molecular flexibility index (Phi) is 5.12. The summed E-state index contributed by atoms with van der Waals surface area (Å²) < 4.78 is 23.2. The van der Waals surface area contributed by atoms with E-state index in [1.807, 2.05) is 24.3 Å². The first-order valence-electron chi connectivity index (χ1n) is 8.80. The molecular formula is C21H22N2O4S. The number of nitrogens with zero attached hydrogens (tertiary/aromatic N) is 1. The molecule has 3 aromatic rings. The molecule has 0 aliphatic rings. The molecule has 0 aliphatic heterocycles. The van der Waals surface area contributed by atoms with Gasteiger partial charge in [0, 0.05) is 29.9 Å². The number of likely N-dealkylation sites (N-methyl/N-ethyl adjacent to an activating group) is 1. The second kappa shape index (κ2) is 7.24. The molecule has 3 rings (SSSR count). The highest BCUT2D eigenvalue weighted by molar-refractivity contribution is 7.90. The fraction of sp³-hybridized carbons (Fsp3) is 0.238. The van der Waals surface area contributed by atoms with Gasteiger partial charge in [-0.15, -0.1) is 0 Å². The van der Waals surface area contributed by atoms with E-state index in [1.165, 1.54) is 17.0 Å². The number of amides is 1. The number of sulfone groups is 1. The molecule has 0 radical (unpaired) electrons. The van der Waals surface area contributed by atoms with Crippen LogP contribution in [0.15, 0.2) is 53.4 Å². The van der Waals surface area contributed by atoms with Gasteiger partial charge in [0.15, 0.2) is 9.84 Å². The van der Waals surface area contributed by atoms with Gasteiger partial charge in [0.2, 0.25) is 0 Å². The van der Waals surface area contributed by atoms with Gasteiger partial charge in [-0.25, -0.2) is 8.42 Å². The Hall–Kier alpha value is -2.93. The summed E-state index contributed by atoms with van der Waals surface area (Å²) in [4.78, 5) is 30.5. The number of hydrogen-bond donors (Lipinski definition) is 1. The SMILES string of the molecule is Cc1[nH]c2ccccc2c1C(=O)C(=O)N(C)C(C)c1ccc(S(C)(=O)=O)cc1. The third-order valence-electron chi connectivity index (χ3n) is 5.01. The maximum atomic E-state index is 12.9. The van der Waals surface area contributed by atoms with Gasteiger partial charge in [-0.3, -0.25) is 9.59 Å². The molecule has 0 spiro atoms. The Morgan fingerprint density at radius 3 is 2.25 bits per heavy atom. The minimum Gasteiger partial charge on any atom is -0.358 e. The highest BCUT2D eigenvalue weighted by Gasteiger charge is 2.28. The predicted octanol–water partition coefficient (Wildman–Crippen LogP) is 3.28. The molecule has 0 saturated heterocycles. The maximum Gasteiger partial charge on any atom is 0.295 e. The minimum absolute atomic E-state index is 0.211. The van der Waals surface area contributed by atoms with E-state index in [4.69, 9.17) is 0 Å². The van der Waals surface area contributed by atoms with E-state index in [-0.39, 0.29) is 4.90 Å². The zero-order valence-corrected chi connectivity index (χ0v) is 17.0. The molecule has 28 heavy (non-hydrogen) atoms. The average Bonchev–Trinajstić information content (AvgIpc) is 3.00. The molecule has 1 aromatic heterocycles. The number of rotatable bonds is 5. The van der Waals surface area contributed by atoms with E-state index in [9.17, 15) is 18.0 Å². The fourth-order valence-electron chi connectivity index (χ4n) is 3.23. The lowest BCUT2D eigenvalue weighted by Gasteiger charge is -2.25. The molecule has 1 unspecified atom stereocenters. The molecule has 7 heteroatoms. The molecule has 0 fully saturated rings. The second-order valence-electron chi connectivity index (χ2n) is 6.93. The number of Topliss-reactive ketones (excluding diaryl/α,β-unsaturated/α-hetero) is 1. The summed E-state index contributed by atoms with van der Waals surface area (Å²) in [6.07, 6.45) is 1.14. The van der Waals surface area contributed by atoms with Gasteiger partial charge < -0.3 is 9.88 Å². The first-order chi connectivity index (χ1) is 13.1. The maximum absolute atomic E-state index is 12.9. The van der Waals surface area contributed by atoms with Crippen LogP contribution in [0, 0.1) is 6.92 Å². The van der Waals surface area contributed by atoms with Gasteiger partial charge in [0.25, 0.3) is 11.7 Å². The smallest absolute Gasteiger partial charge is 0.295 e. The quantitative estimate of drug-likeness (QED) is 0.528. The van der Waals surface area contributed by atoms with E-state index < -0.39 is 27.6 Å². The van der Waals surface area contributed by atoms with E-state index >= 15 is 0 Å². The van der Waals surface area contributed by atoms with Crippen molar-refractivity contribution in [2.24, 2.45) is 0 Å². The zero-order chi connectivity index (χ0) is 20.6. The Balaban J connectivity index is 1.87. The predicted molar refractivity (Wildman–Crippen MR) is 108 cm³/mol. The van der Waals surface area contributed by atoms with E-state index in [0.29, 0.717) is 11.3 Å². The Bertz CT molecular complexity index is 1160. The van der Waals surface area contributed by atoms with Crippen molar-refractivity contribution in [1.29, 1.82) is 0 Å². The van der Waals surface area contributed by atoms with Crippen LogP contribution in [0.1, 0.15) is 34.6 Å². The van der Waals surface area contributed by atoms with Crippen molar-refractivity contribution in [3.63, 3.8) is 0 Å². The largest absolute Gasteiger partial charge is 0.358 e. The number of aromatic amines is 1. The number of ketones is 1. The van der Waals surface area contributed by atoms with Crippen molar-refractivity contribution in [3.8, 4) is 0 Å². The lowest BCUT2D eigenvalue weighted by atomic mass is 10.0. The molecule has 146 valence electrons. The number of fused-ring (bicyclic) bond motifs is 1. The van der Waals surface area contributed by atoms with Gasteiger partial charge >= 0.3 is 0 Å². The zero-order valence-electron chi connectivity index (χ0n) is 16.2. The first kappa shape index (κ1) is 19.8. The lowest BCUT2D eigenvalue weighted by Crippen LogP contribution is -2.35. The molecule has 1 heterocycles. The number of carbonyl (C=O) groups is 2. The minimum atomic E-state index is -3.29. The van der Waals surface area contributed by atoms with E-state index in [1.54, 1.807) is 33.0 Å². The first-order valence-corrected chi connectivity index (χ1v) is 10.7. The molecule has 1 N–H and O–H groups in total. The molecule has 2 aromatic carbocycles. The third kappa shape index (κ3) is 3.57. The number of para-hydroxylation sites is 1. The molecule has 1 amide bonds. The second-order valence-corrected chi connectivity index (χ2v) is 8.95. The number of H-pyrrole nitrogens is 1. The summed E-state index contributed by atoms with van der Waals surface area (Å²) in [5.41, 5.74) is 2.58. The molecular weight excluding hydrogens is 376 g/mol. The summed E-state index contributed by atoms with van der Waals surface area (Å²) in [6, 6.07) is 13.3. The molecule has 6 nitrogen and oxygen atoms in total. The van der Waals surface area contributed by atoms with Gasteiger partial charge in [0.1, 0.15) is 0 Å². The van der Waals surface area contributed by atoms with Crippen molar-refractivity contribution >= 4 is 32.4 Å². The van der Waals surface area contributed by atoms with Crippen LogP contribution in [0.3, 0.4) is 0 Å².